The molecule has 0 bridgehead atoms. The van der Waals surface area contributed by atoms with Gasteiger partial charge in [-0.1, -0.05) is 0 Å². The molecule has 94 valence electrons. The van der Waals surface area contributed by atoms with Gasteiger partial charge in [0.15, 0.2) is 0 Å². The molecular formula is C10H14N2O5. The molecule has 0 spiro atoms. The van der Waals surface area contributed by atoms with Gasteiger partial charge in [-0.05, 0) is 13.3 Å². The molecule has 1 fully saturated rings. The summed E-state index contributed by atoms with van der Waals surface area (Å²) in [4.78, 5) is 45.7. The summed E-state index contributed by atoms with van der Waals surface area (Å²) in [5.41, 5.74) is 0. The number of nitrogens with one attached hydrogen (secondary N) is 1. The standard InChI is InChI=1S/C10H14N2O5/c1-5(10(16)17)8(14)11-6-3-4-7(13)12(2)9(6)15/h5-6H,3-4H2,1-2H3,(H,11,14)(H,16,17). The van der Waals surface area contributed by atoms with Crippen molar-refractivity contribution in [2.45, 2.75) is 25.8 Å². The van der Waals surface area contributed by atoms with Gasteiger partial charge in [-0.2, -0.15) is 0 Å². The Morgan fingerprint density at radius 3 is 2.59 bits per heavy atom. The molecule has 0 aromatic heterocycles. The minimum Gasteiger partial charge on any atom is -0.481 e. The second-order valence-corrected chi connectivity index (χ2v) is 3.95. The van der Waals surface area contributed by atoms with Crippen molar-refractivity contribution in [3.8, 4) is 0 Å². The quantitative estimate of drug-likeness (QED) is 0.486. The highest BCUT2D eigenvalue weighted by atomic mass is 16.4. The lowest BCUT2D eigenvalue weighted by atomic mass is 10.0. The lowest BCUT2D eigenvalue weighted by molar-refractivity contribution is -0.152. The van der Waals surface area contributed by atoms with Gasteiger partial charge in [0, 0.05) is 13.5 Å². The van der Waals surface area contributed by atoms with Crippen molar-refractivity contribution < 1.29 is 24.3 Å². The van der Waals surface area contributed by atoms with Crippen LogP contribution in [0.1, 0.15) is 19.8 Å². The van der Waals surface area contributed by atoms with E-state index in [-0.39, 0.29) is 18.7 Å². The van der Waals surface area contributed by atoms with E-state index in [1.807, 2.05) is 0 Å². The smallest absolute Gasteiger partial charge is 0.315 e. The number of carboxylic acid groups (broad SMARTS) is 1. The van der Waals surface area contributed by atoms with Gasteiger partial charge in [0.25, 0.3) is 5.91 Å². The zero-order valence-corrected chi connectivity index (χ0v) is 9.60. The number of nitrogens with zero attached hydrogens (tertiary/aromatic N) is 1. The Kier molecular flexibility index (Phi) is 3.82. The molecule has 17 heavy (non-hydrogen) atoms. The Hall–Kier alpha value is -1.92. The van der Waals surface area contributed by atoms with E-state index >= 15 is 0 Å². The van der Waals surface area contributed by atoms with Crippen LogP contribution in [0.2, 0.25) is 0 Å². The Balaban J connectivity index is 2.64. The summed E-state index contributed by atoms with van der Waals surface area (Å²) in [5.74, 6) is -4.00. The Labute approximate surface area is 97.8 Å². The fourth-order valence-corrected chi connectivity index (χ4v) is 1.46. The third-order valence-electron chi connectivity index (χ3n) is 2.73. The van der Waals surface area contributed by atoms with E-state index in [9.17, 15) is 19.2 Å². The average molecular weight is 242 g/mol. The van der Waals surface area contributed by atoms with Crippen LogP contribution in [0.4, 0.5) is 0 Å². The number of likely N-dealkylation sites (tertiary alicyclic amines) is 1. The summed E-state index contributed by atoms with van der Waals surface area (Å²) < 4.78 is 0. The third kappa shape index (κ3) is 2.80. The molecule has 1 saturated heterocycles. The Morgan fingerprint density at radius 1 is 1.47 bits per heavy atom. The SMILES string of the molecule is CC(C(=O)O)C(=O)NC1CCC(=O)N(C)C1=O. The first kappa shape index (κ1) is 13.1. The summed E-state index contributed by atoms with van der Waals surface area (Å²) in [7, 11) is 1.34. The number of carbonyl (C=O) groups excluding carboxylic acids is 3. The second kappa shape index (κ2) is 4.94. The predicted molar refractivity (Wildman–Crippen MR) is 55.7 cm³/mol. The average Bonchev–Trinajstić information content (AvgIpc) is 2.28. The summed E-state index contributed by atoms with van der Waals surface area (Å²) in [6.07, 6.45) is 0.370. The van der Waals surface area contributed by atoms with Crippen LogP contribution < -0.4 is 5.32 Å². The molecule has 2 atom stereocenters. The van der Waals surface area contributed by atoms with Crippen LogP contribution >= 0.6 is 0 Å². The third-order valence-corrected chi connectivity index (χ3v) is 2.73. The number of hydrogen-bond donors (Lipinski definition) is 2. The van der Waals surface area contributed by atoms with Gasteiger partial charge < -0.3 is 10.4 Å². The van der Waals surface area contributed by atoms with Crippen LogP contribution in [0.5, 0.6) is 0 Å². The van der Waals surface area contributed by atoms with Crippen LogP contribution in [0, 0.1) is 5.92 Å². The van der Waals surface area contributed by atoms with Gasteiger partial charge in [-0.3, -0.25) is 24.1 Å². The molecule has 2 N–H and O–H groups in total. The zero-order chi connectivity index (χ0) is 13.2. The summed E-state index contributed by atoms with van der Waals surface area (Å²) in [6, 6.07) is -0.813. The molecule has 1 aliphatic heterocycles. The fourth-order valence-electron chi connectivity index (χ4n) is 1.46. The van der Waals surface area contributed by atoms with Crippen LogP contribution in [0.15, 0.2) is 0 Å². The van der Waals surface area contributed by atoms with Gasteiger partial charge in [0.1, 0.15) is 12.0 Å². The number of likely N-dealkylation sites (N-methyl/N-ethyl adjacent to an activating group) is 1. The lowest BCUT2D eigenvalue weighted by Crippen LogP contribution is -2.54. The lowest BCUT2D eigenvalue weighted by Gasteiger charge is -2.28. The van der Waals surface area contributed by atoms with E-state index in [2.05, 4.69) is 5.32 Å². The van der Waals surface area contributed by atoms with E-state index < -0.39 is 29.7 Å². The minimum atomic E-state index is -1.25. The molecule has 0 radical (unpaired) electrons. The van der Waals surface area contributed by atoms with Crippen LogP contribution in [0.3, 0.4) is 0 Å². The number of imide groups is 1. The molecule has 0 aliphatic carbocycles. The van der Waals surface area contributed by atoms with Gasteiger partial charge in [0.05, 0.1) is 0 Å². The number of amides is 3. The van der Waals surface area contributed by atoms with Gasteiger partial charge >= 0.3 is 5.97 Å². The predicted octanol–water partition coefficient (Wildman–Crippen LogP) is -1.03. The van der Waals surface area contributed by atoms with E-state index in [1.165, 1.54) is 14.0 Å². The van der Waals surface area contributed by atoms with Crippen molar-refractivity contribution in [1.29, 1.82) is 0 Å². The first-order chi connectivity index (χ1) is 7.84. The topological polar surface area (TPSA) is 104 Å². The molecule has 1 heterocycles. The maximum Gasteiger partial charge on any atom is 0.315 e. The first-order valence-corrected chi connectivity index (χ1v) is 5.18. The van der Waals surface area contributed by atoms with Gasteiger partial charge in [-0.25, -0.2) is 0 Å². The molecular weight excluding hydrogens is 228 g/mol. The van der Waals surface area contributed by atoms with Gasteiger partial charge in [-0.15, -0.1) is 0 Å². The van der Waals surface area contributed by atoms with Crippen molar-refractivity contribution in [1.82, 2.24) is 10.2 Å². The van der Waals surface area contributed by atoms with Crippen LogP contribution in [-0.4, -0.2) is 46.8 Å². The monoisotopic (exact) mass is 242 g/mol. The number of piperidine rings is 1. The number of carbonyl (C=O) groups is 4. The molecule has 0 aromatic carbocycles. The van der Waals surface area contributed by atoms with Crippen molar-refractivity contribution in [2.24, 2.45) is 5.92 Å². The highest BCUT2D eigenvalue weighted by Crippen LogP contribution is 2.12. The molecule has 7 heteroatoms. The summed E-state index contributed by atoms with van der Waals surface area (Å²) in [6.45, 7) is 1.24. The van der Waals surface area contributed by atoms with Crippen LogP contribution in [-0.2, 0) is 19.2 Å². The van der Waals surface area contributed by atoms with E-state index in [0.29, 0.717) is 0 Å². The Bertz CT molecular complexity index is 379. The van der Waals surface area contributed by atoms with Crippen molar-refractivity contribution >= 4 is 23.7 Å². The summed E-state index contributed by atoms with van der Waals surface area (Å²) in [5, 5.41) is 11.0. The summed E-state index contributed by atoms with van der Waals surface area (Å²) >= 11 is 0. The van der Waals surface area contributed by atoms with E-state index in [4.69, 9.17) is 5.11 Å². The molecule has 0 aromatic rings. The number of rotatable bonds is 3. The maximum atomic E-state index is 11.6. The normalized spacial score (nSPS) is 22.2. The number of hydrogen-bond acceptors (Lipinski definition) is 4. The highest BCUT2D eigenvalue weighted by molar-refractivity contribution is 6.03. The van der Waals surface area contributed by atoms with E-state index in [1.54, 1.807) is 0 Å². The second-order valence-electron chi connectivity index (χ2n) is 3.95. The molecule has 2 unspecified atom stereocenters. The van der Waals surface area contributed by atoms with Crippen molar-refractivity contribution in [2.75, 3.05) is 7.05 Å². The molecule has 3 amide bonds. The van der Waals surface area contributed by atoms with Crippen LogP contribution in [0.25, 0.3) is 0 Å². The molecule has 1 rings (SSSR count). The van der Waals surface area contributed by atoms with Crippen molar-refractivity contribution in [3.63, 3.8) is 0 Å². The molecule has 7 nitrogen and oxygen atoms in total. The maximum absolute atomic E-state index is 11.6. The zero-order valence-electron chi connectivity index (χ0n) is 9.60. The van der Waals surface area contributed by atoms with E-state index in [0.717, 1.165) is 4.90 Å². The van der Waals surface area contributed by atoms with Crippen molar-refractivity contribution in [3.05, 3.63) is 0 Å². The Morgan fingerprint density at radius 2 is 2.06 bits per heavy atom. The number of aliphatic carboxylic acids is 1. The number of carboxylic acids is 1. The highest BCUT2D eigenvalue weighted by Gasteiger charge is 2.34. The fraction of sp³-hybridized carbons (Fsp3) is 0.600. The molecule has 1 aliphatic rings. The largest absolute Gasteiger partial charge is 0.481 e. The molecule has 0 saturated carbocycles. The minimum absolute atomic E-state index is 0.161. The first-order valence-electron chi connectivity index (χ1n) is 5.18. The van der Waals surface area contributed by atoms with Gasteiger partial charge in [0.2, 0.25) is 11.8 Å².